The van der Waals surface area contributed by atoms with Gasteiger partial charge < -0.3 is 15.2 Å². The van der Waals surface area contributed by atoms with Gasteiger partial charge in [-0.05, 0) is 35.4 Å². The molecule has 0 aliphatic heterocycles. The SMILES string of the molecule is Nc1ccc(C(F)(F)F)cc1-c1ccc(OCc2ccccc2)nc1OCc1ccccc1. The van der Waals surface area contributed by atoms with Crippen molar-refractivity contribution < 1.29 is 22.6 Å². The van der Waals surface area contributed by atoms with Gasteiger partial charge in [-0.15, -0.1) is 0 Å². The second-order valence-electron chi connectivity index (χ2n) is 7.35. The smallest absolute Gasteiger partial charge is 0.416 e. The Balaban J connectivity index is 1.68. The van der Waals surface area contributed by atoms with E-state index in [1.54, 1.807) is 12.1 Å². The van der Waals surface area contributed by atoms with Crippen molar-refractivity contribution in [2.75, 3.05) is 5.73 Å². The van der Waals surface area contributed by atoms with Gasteiger partial charge in [0, 0.05) is 22.9 Å². The average molecular weight is 450 g/mol. The molecular weight excluding hydrogens is 429 g/mol. The maximum Gasteiger partial charge on any atom is 0.416 e. The molecule has 0 fully saturated rings. The largest absolute Gasteiger partial charge is 0.473 e. The van der Waals surface area contributed by atoms with Crippen LogP contribution in [0, 0.1) is 0 Å². The minimum absolute atomic E-state index is 0.135. The summed E-state index contributed by atoms with van der Waals surface area (Å²) in [5.74, 6) is 0.423. The van der Waals surface area contributed by atoms with E-state index in [1.807, 2.05) is 60.7 Å². The van der Waals surface area contributed by atoms with Crippen LogP contribution in [0.25, 0.3) is 11.1 Å². The zero-order chi connectivity index (χ0) is 23.3. The predicted octanol–water partition coefficient (Wildman–Crippen LogP) is 6.51. The summed E-state index contributed by atoms with van der Waals surface area (Å²) < 4.78 is 51.6. The maximum atomic E-state index is 13.3. The molecule has 0 unspecified atom stereocenters. The second-order valence-corrected chi connectivity index (χ2v) is 7.35. The van der Waals surface area contributed by atoms with Gasteiger partial charge in [-0.2, -0.15) is 18.2 Å². The van der Waals surface area contributed by atoms with Gasteiger partial charge in [0.25, 0.3) is 0 Å². The highest BCUT2D eigenvalue weighted by molar-refractivity contribution is 5.80. The Morgan fingerprint density at radius 2 is 1.30 bits per heavy atom. The van der Waals surface area contributed by atoms with Crippen molar-refractivity contribution in [2.24, 2.45) is 0 Å². The molecule has 0 amide bonds. The lowest BCUT2D eigenvalue weighted by atomic mass is 10.0. The first-order valence-corrected chi connectivity index (χ1v) is 10.2. The topological polar surface area (TPSA) is 57.4 Å². The van der Waals surface area contributed by atoms with Crippen LogP contribution in [0.5, 0.6) is 11.8 Å². The van der Waals surface area contributed by atoms with E-state index in [-0.39, 0.29) is 36.2 Å². The van der Waals surface area contributed by atoms with Crippen molar-refractivity contribution in [2.45, 2.75) is 19.4 Å². The van der Waals surface area contributed by atoms with Gasteiger partial charge in [0.2, 0.25) is 11.8 Å². The van der Waals surface area contributed by atoms with E-state index in [4.69, 9.17) is 15.2 Å². The Morgan fingerprint density at radius 3 is 1.91 bits per heavy atom. The number of halogens is 3. The van der Waals surface area contributed by atoms with E-state index < -0.39 is 11.7 Å². The molecule has 4 nitrogen and oxygen atoms in total. The molecule has 4 aromatic rings. The zero-order valence-corrected chi connectivity index (χ0v) is 17.5. The highest BCUT2D eigenvalue weighted by atomic mass is 19.4. The van der Waals surface area contributed by atoms with Crippen LogP contribution in [0.3, 0.4) is 0 Å². The normalized spacial score (nSPS) is 11.2. The van der Waals surface area contributed by atoms with Crippen LogP contribution < -0.4 is 15.2 Å². The number of hydrogen-bond acceptors (Lipinski definition) is 4. The molecule has 0 saturated heterocycles. The first kappa shape index (κ1) is 22.2. The van der Waals surface area contributed by atoms with Gasteiger partial charge in [-0.25, -0.2) is 0 Å². The maximum absolute atomic E-state index is 13.3. The summed E-state index contributed by atoms with van der Waals surface area (Å²) in [5, 5.41) is 0. The molecule has 0 atom stereocenters. The van der Waals surface area contributed by atoms with E-state index in [0.717, 1.165) is 23.3 Å². The first-order valence-electron chi connectivity index (χ1n) is 10.2. The lowest BCUT2D eigenvalue weighted by Crippen LogP contribution is -2.07. The summed E-state index contributed by atoms with van der Waals surface area (Å²) >= 11 is 0. The molecule has 1 heterocycles. The first-order chi connectivity index (χ1) is 15.9. The van der Waals surface area contributed by atoms with Crippen molar-refractivity contribution in [3.63, 3.8) is 0 Å². The number of aromatic nitrogens is 1. The van der Waals surface area contributed by atoms with E-state index in [9.17, 15) is 13.2 Å². The molecule has 168 valence electrons. The summed E-state index contributed by atoms with van der Waals surface area (Å²) in [7, 11) is 0. The van der Waals surface area contributed by atoms with Crippen LogP contribution in [-0.2, 0) is 19.4 Å². The van der Waals surface area contributed by atoms with Crippen LogP contribution in [-0.4, -0.2) is 4.98 Å². The van der Waals surface area contributed by atoms with Crippen molar-refractivity contribution in [3.8, 4) is 22.9 Å². The van der Waals surface area contributed by atoms with Crippen molar-refractivity contribution in [3.05, 3.63) is 108 Å². The number of benzene rings is 3. The van der Waals surface area contributed by atoms with Gasteiger partial charge in [0.05, 0.1) is 5.56 Å². The highest BCUT2D eigenvalue weighted by Gasteiger charge is 2.31. The molecule has 3 aromatic carbocycles. The molecule has 7 heteroatoms. The molecule has 1 aromatic heterocycles. The number of ether oxygens (including phenoxy) is 2. The van der Waals surface area contributed by atoms with Gasteiger partial charge in [0.1, 0.15) is 13.2 Å². The summed E-state index contributed by atoms with van der Waals surface area (Å²) in [6.45, 7) is 0.471. The van der Waals surface area contributed by atoms with Crippen molar-refractivity contribution in [1.29, 1.82) is 0 Å². The number of nitrogen functional groups attached to an aromatic ring is 1. The minimum Gasteiger partial charge on any atom is -0.473 e. The molecule has 0 aliphatic rings. The standard InChI is InChI=1S/C26H21F3N2O2/c27-26(28,29)20-11-13-23(30)22(15-20)21-12-14-24(32-16-18-7-3-1-4-8-18)31-25(21)33-17-19-9-5-2-6-10-19/h1-15H,16-17,30H2. The fraction of sp³-hybridized carbons (Fsp3) is 0.115. The summed E-state index contributed by atoms with van der Waals surface area (Å²) in [5.41, 5.74) is 7.80. The predicted molar refractivity (Wildman–Crippen MR) is 121 cm³/mol. The monoisotopic (exact) mass is 450 g/mol. The average Bonchev–Trinajstić information content (AvgIpc) is 2.82. The van der Waals surface area contributed by atoms with Gasteiger partial charge in [-0.1, -0.05) is 60.7 Å². The number of alkyl halides is 3. The Morgan fingerprint density at radius 1 is 0.697 bits per heavy atom. The van der Waals surface area contributed by atoms with Crippen LogP contribution in [0.4, 0.5) is 18.9 Å². The number of pyridine rings is 1. The van der Waals surface area contributed by atoms with E-state index in [0.29, 0.717) is 5.56 Å². The molecule has 2 N–H and O–H groups in total. The zero-order valence-electron chi connectivity index (χ0n) is 17.5. The molecular formula is C26H21F3N2O2. The Bertz CT molecular complexity index is 1210. The Hall–Kier alpha value is -4.00. The van der Waals surface area contributed by atoms with Crippen LogP contribution >= 0.6 is 0 Å². The number of rotatable bonds is 7. The minimum atomic E-state index is -4.50. The summed E-state index contributed by atoms with van der Waals surface area (Å²) in [6.07, 6.45) is -4.50. The molecule has 0 saturated carbocycles. The van der Waals surface area contributed by atoms with E-state index in [1.165, 1.54) is 6.07 Å². The Kier molecular flexibility index (Phi) is 6.49. The van der Waals surface area contributed by atoms with Crippen molar-refractivity contribution >= 4 is 5.69 Å². The molecule has 4 rings (SSSR count). The molecule has 0 bridgehead atoms. The number of hydrogen-bond donors (Lipinski definition) is 1. The lowest BCUT2D eigenvalue weighted by molar-refractivity contribution is -0.137. The molecule has 0 radical (unpaired) electrons. The summed E-state index contributed by atoms with van der Waals surface area (Å²) in [4.78, 5) is 4.43. The van der Waals surface area contributed by atoms with Crippen LogP contribution in [0.1, 0.15) is 16.7 Å². The lowest BCUT2D eigenvalue weighted by Gasteiger charge is -2.16. The quantitative estimate of drug-likeness (QED) is 0.326. The third-order valence-corrected chi connectivity index (χ3v) is 4.95. The Labute approximate surface area is 189 Å². The van der Waals surface area contributed by atoms with Gasteiger partial charge in [-0.3, -0.25) is 0 Å². The third-order valence-electron chi connectivity index (χ3n) is 4.95. The van der Waals surface area contributed by atoms with E-state index in [2.05, 4.69) is 4.98 Å². The highest BCUT2D eigenvalue weighted by Crippen LogP contribution is 2.39. The van der Waals surface area contributed by atoms with Crippen LogP contribution in [0.2, 0.25) is 0 Å². The van der Waals surface area contributed by atoms with Crippen LogP contribution in [0.15, 0.2) is 91.0 Å². The number of nitrogens with two attached hydrogens (primary N) is 1. The van der Waals surface area contributed by atoms with Gasteiger partial charge >= 0.3 is 6.18 Å². The number of anilines is 1. The molecule has 0 aliphatic carbocycles. The molecule has 33 heavy (non-hydrogen) atoms. The second kappa shape index (κ2) is 9.65. The fourth-order valence-electron chi connectivity index (χ4n) is 3.24. The summed E-state index contributed by atoms with van der Waals surface area (Å²) in [6, 6.07) is 25.3. The third kappa shape index (κ3) is 5.63. The van der Waals surface area contributed by atoms with Gasteiger partial charge in [0.15, 0.2) is 0 Å². The van der Waals surface area contributed by atoms with Crippen molar-refractivity contribution in [1.82, 2.24) is 4.98 Å². The van der Waals surface area contributed by atoms with E-state index >= 15 is 0 Å². The molecule has 0 spiro atoms. The fourth-order valence-corrected chi connectivity index (χ4v) is 3.24. The number of nitrogens with zero attached hydrogens (tertiary/aromatic N) is 1.